The van der Waals surface area contributed by atoms with E-state index in [9.17, 15) is 18.0 Å². The van der Waals surface area contributed by atoms with Gasteiger partial charge < -0.3 is 9.32 Å². The Morgan fingerprint density at radius 3 is 2.27 bits per heavy atom. The van der Waals surface area contributed by atoms with Crippen LogP contribution in [0.1, 0.15) is 22.6 Å². The average molecular weight is 311 g/mol. The molecule has 118 valence electrons. The van der Waals surface area contributed by atoms with Gasteiger partial charge in [-0.1, -0.05) is 12.1 Å². The molecule has 0 fully saturated rings. The summed E-state index contributed by atoms with van der Waals surface area (Å²) in [6, 6.07) is 8.22. The first kappa shape index (κ1) is 16.1. The summed E-state index contributed by atoms with van der Waals surface area (Å²) < 4.78 is 42.8. The summed E-state index contributed by atoms with van der Waals surface area (Å²) in [6.07, 6.45) is -4.31. The van der Waals surface area contributed by atoms with E-state index in [0.717, 1.165) is 17.9 Å². The van der Waals surface area contributed by atoms with Crippen molar-refractivity contribution in [3.05, 3.63) is 59.0 Å². The van der Waals surface area contributed by atoms with E-state index in [-0.39, 0.29) is 12.3 Å². The van der Waals surface area contributed by atoms with Gasteiger partial charge in [0, 0.05) is 7.05 Å². The lowest BCUT2D eigenvalue weighted by molar-refractivity contribution is -0.137. The standard InChI is InChI=1S/C16H16F3NO2/c1-11-3-8-14(22-11)10-20(2)15(21)9-12-4-6-13(7-5-12)16(17,18)19/h3-8H,9-10H2,1-2H3. The third-order valence-electron chi connectivity index (χ3n) is 3.25. The molecule has 0 unspecified atom stereocenters. The van der Waals surface area contributed by atoms with Gasteiger partial charge in [-0.15, -0.1) is 0 Å². The van der Waals surface area contributed by atoms with E-state index in [0.29, 0.717) is 17.9 Å². The molecule has 3 nitrogen and oxygen atoms in total. The van der Waals surface area contributed by atoms with Crippen LogP contribution in [0.4, 0.5) is 13.2 Å². The number of furan rings is 1. The molecule has 1 heterocycles. The zero-order valence-corrected chi connectivity index (χ0v) is 12.3. The van der Waals surface area contributed by atoms with Crippen LogP contribution in [0.25, 0.3) is 0 Å². The van der Waals surface area contributed by atoms with Crippen molar-refractivity contribution in [2.75, 3.05) is 7.05 Å². The molecule has 1 aromatic heterocycles. The zero-order valence-electron chi connectivity index (χ0n) is 12.3. The summed E-state index contributed by atoms with van der Waals surface area (Å²) in [5, 5.41) is 0. The molecule has 22 heavy (non-hydrogen) atoms. The molecule has 0 spiro atoms. The van der Waals surface area contributed by atoms with Crippen LogP contribution in [0.3, 0.4) is 0 Å². The molecule has 1 amide bonds. The number of aryl methyl sites for hydroxylation is 1. The van der Waals surface area contributed by atoms with E-state index in [2.05, 4.69) is 0 Å². The largest absolute Gasteiger partial charge is 0.464 e. The van der Waals surface area contributed by atoms with E-state index >= 15 is 0 Å². The number of rotatable bonds is 4. The number of hydrogen-bond acceptors (Lipinski definition) is 2. The summed E-state index contributed by atoms with van der Waals surface area (Å²) in [4.78, 5) is 13.5. The fourth-order valence-electron chi connectivity index (χ4n) is 2.01. The number of carbonyl (C=O) groups excluding carboxylic acids is 1. The van der Waals surface area contributed by atoms with Crippen molar-refractivity contribution in [3.63, 3.8) is 0 Å². The van der Waals surface area contributed by atoms with Crippen molar-refractivity contribution >= 4 is 5.91 Å². The first-order valence-corrected chi connectivity index (χ1v) is 6.71. The Hall–Kier alpha value is -2.24. The molecule has 6 heteroatoms. The van der Waals surface area contributed by atoms with Crippen LogP contribution in [-0.2, 0) is 23.9 Å². The minimum Gasteiger partial charge on any atom is -0.464 e. The molecule has 0 saturated heterocycles. The predicted octanol–water partition coefficient (Wildman–Crippen LogP) is 3.81. The van der Waals surface area contributed by atoms with Gasteiger partial charge in [-0.05, 0) is 36.8 Å². The monoisotopic (exact) mass is 311 g/mol. The SMILES string of the molecule is Cc1ccc(CN(C)C(=O)Cc2ccc(C(F)(F)F)cc2)o1. The van der Waals surface area contributed by atoms with Crippen molar-refractivity contribution in [2.24, 2.45) is 0 Å². The molecular formula is C16H16F3NO2. The van der Waals surface area contributed by atoms with Crippen LogP contribution in [0.2, 0.25) is 0 Å². The summed E-state index contributed by atoms with van der Waals surface area (Å²) in [6.45, 7) is 2.14. The van der Waals surface area contributed by atoms with Crippen molar-refractivity contribution in [1.82, 2.24) is 4.90 Å². The van der Waals surface area contributed by atoms with Gasteiger partial charge in [-0.3, -0.25) is 4.79 Å². The Bertz CT molecular complexity index is 644. The highest BCUT2D eigenvalue weighted by atomic mass is 19.4. The average Bonchev–Trinajstić information content (AvgIpc) is 2.83. The van der Waals surface area contributed by atoms with Gasteiger partial charge in [-0.2, -0.15) is 13.2 Å². The Morgan fingerprint density at radius 1 is 1.14 bits per heavy atom. The van der Waals surface area contributed by atoms with Crippen molar-refractivity contribution in [2.45, 2.75) is 26.1 Å². The van der Waals surface area contributed by atoms with Gasteiger partial charge in [0.25, 0.3) is 0 Å². The lowest BCUT2D eigenvalue weighted by Crippen LogP contribution is -2.27. The predicted molar refractivity (Wildman–Crippen MR) is 75.1 cm³/mol. The highest BCUT2D eigenvalue weighted by Crippen LogP contribution is 2.29. The summed E-state index contributed by atoms with van der Waals surface area (Å²) in [5.74, 6) is 1.24. The first-order valence-electron chi connectivity index (χ1n) is 6.71. The van der Waals surface area contributed by atoms with Gasteiger partial charge >= 0.3 is 6.18 Å². The summed E-state index contributed by atoms with van der Waals surface area (Å²) in [7, 11) is 1.63. The summed E-state index contributed by atoms with van der Waals surface area (Å²) >= 11 is 0. The van der Waals surface area contributed by atoms with E-state index in [1.807, 2.05) is 13.0 Å². The van der Waals surface area contributed by atoms with Crippen LogP contribution < -0.4 is 0 Å². The van der Waals surface area contributed by atoms with Crippen LogP contribution in [0.5, 0.6) is 0 Å². The highest BCUT2D eigenvalue weighted by Gasteiger charge is 2.30. The van der Waals surface area contributed by atoms with Crippen molar-refractivity contribution < 1.29 is 22.4 Å². The van der Waals surface area contributed by atoms with Crippen LogP contribution in [0, 0.1) is 6.92 Å². The maximum atomic E-state index is 12.5. The Labute approximate surface area is 126 Å². The number of carbonyl (C=O) groups is 1. The van der Waals surface area contributed by atoms with Crippen LogP contribution in [0.15, 0.2) is 40.8 Å². The molecule has 2 rings (SSSR count). The minimum absolute atomic E-state index is 0.0499. The normalized spacial score (nSPS) is 11.5. The molecule has 2 aromatic rings. The maximum absolute atomic E-state index is 12.5. The van der Waals surface area contributed by atoms with Gasteiger partial charge in [0.1, 0.15) is 11.5 Å². The molecule has 0 N–H and O–H groups in total. The lowest BCUT2D eigenvalue weighted by Gasteiger charge is -2.16. The maximum Gasteiger partial charge on any atom is 0.416 e. The summed E-state index contributed by atoms with van der Waals surface area (Å²) in [5.41, 5.74) is -0.177. The Kier molecular flexibility index (Phi) is 4.59. The second-order valence-corrected chi connectivity index (χ2v) is 5.13. The van der Waals surface area contributed by atoms with Gasteiger partial charge in [-0.25, -0.2) is 0 Å². The molecule has 0 aliphatic rings. The Balaban J connectivity index is 1.96. The number of amides is 1. The topological polar surface area (TPSA) is 33.5 Å². The Morgan fingerprint density at radius 2 is 1.77 bits per heavy atom. The van der Waals surface area contributed by atoms with Gasteiger partial charge in [0.2, 0.25) is 5.91 Å². The van der Waals surface area contributed by atoms with Crippen molar-refractivity contribution in [3.8, 4) is 0 Å². The molecule has 0 saturated carbocycles. The van der Waals surface area contributed by atoms with E-state index < -0.39 is 11.7 Å². The van der Waals surface area contributed by atoms with E-state index in [1.165, 1.54) is 17.0 Å². The number of halogens is 3. The third-order valence-corrected chi connectivity index (χ3v) is 3.25. The fraction of sp³-hybridized carbons (Fsp3) is 0.312. The zero-order chi connectivity index (χ0) is 16.3. The number of nitrogens with zero attached hydrogens (tertiary/aromatic N) is 1. The molecule has 0 radical (unpaired) electrons. The van der Waals surface area contributed by atoms with E-state index in [1.54, 1.807) is 13.1 Å². The third kappa shape index (κ3) is 4.13. The van der Waals surface area contributed by atoms with Crippen molar-refractivity contribution in [1.29, 1.82) is 0 Å². The molecule has 1 aromatic carbocycles. The fourth-order valence-corrected chi connectivity index (χ4v) is 2.01. The smallest absolute Gasteiger partial charge is 0.416 e. The molecular weight excluding hydrogens is 295 g/mol. The quantitative estimate of drug-likeness (QED) is 0.860. The molecule has 0 aliphatic heterocycles. The van der Waals surface area contributed by atoms with Crippen LogP contribution in [-0.4, -0.2) is 17.9 Å². The number of likely N-dealkylation sites (N-methyl/N-ethyl adjacent to an activating group) is 1. The second kappa shape index (κ2) is 6.25. The number of benzene rings is 1. The van der Waals surface area contributed by atoms with Crippen LogP contribution >= 0.6 is 0 Å². The van der Waals surface area contributed by atoms with Gasteiger partial charge in [0.15, 0.2) is 0 Å². The lowest BCUT2D eigenvalue weighted by atomic mass is 10.1. The number of hydrogen-bond donors (Lipinski definition) is 0. The molecule has 0 aliphatic carbocycles. The first-order chi connectivity index (χ1) is 10.3. The number of alkyl halides is 3. The highest BCUT2D eigenvalue weighted by molar-refractivity contribution is 5.78. The van der Waals surface area contributed by atoms with Gasteiger partial charge in [0.05, 0.1) is 18.5 Å². The van der Waals surface area contributed by atoms with E-state index in [4.69, 9.17) is 4.42 Å². The second-order valence-electron chi connectivity index (χ2n) is 5.13. The molecule has 0 bridgehead atoms. The minimum atomic E-state index is -4.36. The molecule has 0 atom stereocenters.